The average Bonchev–Trinajstić information content (AvgIpc) is 2.89. The van der Waals surface area contributed by atoms with Crippen LogP contribution in [0.1, 0.15) is 25.0 Å². The Morgan fingerprint density at radius 1 is 0.931 bits per heavy atom. The van der Waals surface area contributed by atoms with E-state index >= 15 is 0 Å². The van der Waals surface area contributed by atoms with E-state index in [-0.39, 0.29) is 17.0 Å². The molecule has 3 rings (SSSR count). The molecule has 1 heterocycles. The van der Waals surface area contributed by atoms with Crippen LogP contribution in [0.4, 0.5) is 11.4 Å². The second-order valence-corrected chi connectivity index (χ2v) is 7.99. The van der Waals surface area contributed by atoms with Crippen LogP contribution in [0.15, 0.2) is 60.0 Å². The van der Waals surface area contributed by atoms with E-state index in [1.165, 1.54) is 0 Å². The number of rotatable bonds is 4. The zero-order valence-corrected chi connectivity index (χ0v) is 17.5. The van der Waals surface area contributed by atoms with Gasteiger partial charge in [-0.25, -0.2) is 0 Å². The van der Waals surface area contributed by atoms with Gasteiger partial charge in [-0.1, -0.05) is 24.3 Å². The smallest absolute Gasteiger partial charge is 0.266 e. The summed E-state index contributed by atoms with van der Waals surface area (Å²) in [5.74, 6) is -0.758. The zero-order chi connectivity index (χ0) is 21.2. The highest BCUT2D eigenvalue weighted by Crippen LogP contribution is 2.30. The third-order valence-electron chi connectivity index (χ3n) is 4.99. The van der Waals surface area contributed by atoms with Crippen LogP contribution in [0.3, 0.4) is 0 Å². The molecule has 0 atom stereocenters. The quantitative estimate of drug-likeness (QED) is 0.470. The summed E-state index contributed by atoms with van der Waals surface area (Å²) in [5, 5.41) is 5.64. The lowest BCUT2D eigenvalue weighted by Gasteiger charge is -2.26. The lowest BCUT2D eigenvalue weighted by molar-refractivity contribution is -0.119. The number of hydrogen-bond acceptors (Lipinski definition) is 4. The molecule has 2 aromatic carbocycles. The number of benzene rings is 2. The molecule has 2 N–H and O–H groups in total. The highest BCUT2D eigenvalue weighted by Gasteiger charge is 2.39. The molecule has 6 heteroatoms. The van der Waals surface area contributed by atoms with Crippen molar-refractivity contribution in [1.29, 1.82) is 0 Å². The van der Waals surface area contributed by atoms with Crippen molar-refractivity contribution in [2.75, 3.05) is 24.3 Å². The fraction of sp³-hybridized carbons (Fsp3) is 0.304. The third-order valence-corrected chi connectivity index (χ3v) is 4.99. The number of carbonyl (C=O) groups is 2. The summed E-state index contributed by atoms with van der Waals surface area (Å²) in [7, 11) is 1.82. The molecule has 6 nitrogen and oxygen atoms in total. The van der Waals surface area contributed by atoms with Crippen molar-refractivity contribution >= 4 is 23.2 Å². The number of nitrogens with one attached hydrogen (secondary N) is 2. The molecule has 1 saturated heterocycles. The van der Waals surface area contributed by atoms with Gasteiger partial charge in [-0.3, -0.25) is 9.59 Å². The summed E-state index contributed by atoms with van der Waals surface area (Å²) in [6.07, 6.45) is 0. The standard InChI is InChI=1S/C23H27N3O3/c1-15-8-6-10-17(12-15)24-20(27)19(22-26(5)23(3,4)14-29-22)21(28)25-18-11-7-9-16(2)13-18/h6-13H,14H2,1-5H3,(H,24,27)(H,25,28). The minimum Gasteiger partial charge on any atom is -0.476 e. The van der Waals surface area contributed by atoms with Crippen LogP contribution in [0.2, 0.25) is 0 Å². The Morgan fingerprint density at radius 3 is 1.79 bits per heavy atom. The summed E-state index contributed by atoms with van der Waals surface area (Å²) < 4.78 is 5.79. The van der Waals surface area contributed by atoms with Crippen LogP contribution in [-0.2, 0) is 14.3 Å². The van der Waals surface area contributed by atoms with Gasteiger partial charge in [-0.2, -0.15) is 0 Å². The molecule has 0 aromatic heterocycles. The van der Waals surface area contributed by atoms with Crippen LogP contribution < -0.4 is 10.6 Å². The number of anilines is 2. The molecule has 1 fully saturated rings. The van der Waals surface area contributed by atoms with Gasteiger partial charge in [-0.15, -0.1) is 0 Å². The van der Waals surface area contributed by atoms with E-state index in [0.717, 1.165) is 11.1 Å². The minimum atomic E-state index is -0.514. The number of hydrogen-bond donors (Lipinski definition) is 2. The van der Waals surface area contributed by atoms with Crippen LogP contribution in [-0.4, -0.2) is 35.9 Å². The summed E-state index contributed by atoms with van der Waals surface area (Å²) in [4.78, 5) is 28.1. The number of aryl methyl sites for hydroxylation is 2. The van der Waals surface area contributed by atoms with Gasteiger partial charge in [0.05, 0.1) is 5.54 Å². The van der Waals surface area contributed by atoms with Gasteiger partial charge < -0.3 is 20.3 Å². The number of likely N-dealkylation sites (N-methyl/N-ethyl adjacent to an activating group) is 1. The van der Waals surface area contributed by atoms with Crippen molar-refractivity contribution in [2.45, 2.75) is 33.2 Å². The van der Waals surface area contributed by atoms with Gasteiger partial charge in [-0.05, 0) is 63.1 Å². The van der Waals surface area contributed by atoms with Crippen molar-refractivity contribution in [3.8, 4) is 0 Å². The summed E-state index contributed by atoms with van der Waals surface area (Å²) in [6, 6.07) is 14.9. The Kier molecular flexibility index (Phi) is 5.64. The second kappa shape index (κ2) is 7.99. The summed E-state index contributed by atoms with van der Waals surface area (Å²) in [5.41, 5.74) is 2.88. The molecule has 0 bridgehead atoms. The molecule has 29 heavy (non-hydrogen) atoms. The molecule has 0 spiro atoms. The van der Waals surface area contributed by atoms with Crippen molar-refractivity contribution in [3.63, 3.8) is 0 Å². The Bertz CT molecular complexity index is 917. The topological polar surface area (TPSA) is 70.7 Å². The van der Waals surface area contributed by atoms with Crippen LogP contribution >= 0.6 is 0 Å². The Hall–Kier alpha value is -3.28. The average molecular weight is 393 g/mol. The van der Waals surface area contributed by atoms with E-state index in [4.69, 9.17) is 4.74 Å². The van der Waals surface area contributed by atoms with Crippen molar-refractivity contribution in [2.24, 2.45) is 0 Å². The van der Waals surface area contributed by atoms with Crippen LogP contribution in [0, 0.1) is 13.8 Å². The molecule has 0 saturated carbocycles. The first-order chi connectivity index (χ1) is 13.7. The number of ether oxygens (including phenoxy) is 1. The maximum atomic E-state index is 13.1. The van der Waals surface area contributed by atoms with E-state index in [2.05, 4.69) is 10.6 Å². The van der Waals surface area contributed by atoms with E-state index < -0.39 is 11.8 Å². The van der Waals surface area contributed by atoms with Gasteiger partial charge in [0.25, 0.3) is 11.8 Å². The predicted molar refractivity (Wildman–Crippen MR) is 114 cm³/mol. The molecular weight excluding hydrogens is 366 g/mol. The first-order valence-electron chi connectivity index (χ1n) is 9.54. The van der Waals surface area contributed by atoms with E-state index in [1.807, 2.05) is 76.0 Å². The summed E-state index contributed by atoms with van der Waals surface area (Å²) in [6.45, 7) is 8.26. The first-order valence-corrected chi connectivity index (χ1v) is 9.54. The maximum Gasteiger partial charge on any atom is 0.266 e. The number of carbonyl (C=O) groups excluding carboxylic acids is 2. The van der Waals surface area contributed by atoms with E-state index in [9.17, 15) is 9.59 Å². The van der Waals surface area contributed by atoms with Gasteiger partial charge in [0, 0.05) is 18.4 Å². The third kappa shape index (κ3) is 4.59. The molecule has 0 radical (unpaired) electrons. The summed E-state index contributed by atoms with van der Waals surface area (Å²) >= 11 is 0. The van der Waals surface area contributed by atoms with Crippen molar-refractivity contribution in [3.05, 3.63) is 71.1 Å². The van der Waals surface area contributed by atoms with Gasteiger partial charge in [0.1, 0.15) is 6.61 Å². The van der Waals surface area contributed by atoms with Gasteiger partial charge in [0.2, 0.25) is 5.88 Å². The molecule has 1 aliphatic heterocycles. The molecule has 1 aliphatic rings. The Morgan fingerprint density at radius 2 is 1.41 bits per heavy atom. The molecule has 152 valence electrons. The highest BCUT2D eigenvalue weighted by molar-refractivity contribution is 6.26. The molecule has 2 amide bonds. The SMILES string of the molecule is Cc1cccc(NC(=O)C(C(=O)Nc2cccc(C)c2)=C2OCC(C)(C)N2C)c1. The normalized spacial score (nSPS) is 14.9. The fourth-order valence-corrected chi connectivity index (χ4v) is 3.08. The zero-order valence-electron chi connectivity index (χ0n) is 17.5. The van der Waals surface area contributed by atoms with Crippen LogP contribution in [0.25, 0.3) is 0 Å². The Labute approximate surface area is 171 Å². The molecular formula is C23H27N3O3. The van der Waals surface area contributed by atoms with Crippen molar-refractivity contribution < 1.29 is 14.3 Å². The maximum absolute atomic E-state index is 13.1. The van der Waals surface area contributed by atoms with Gasteiger partial charge >= 0.3 is 0 Å². The predicted octanol–water partition coefficient (Wildman–Crippen LogP) is 3.83. The van der Waals surface area contributed by atoms with Crippen molar-refractivity contribution in [1.82, 2.24) is 4.90 Å². The second-order valence-electron chi connectivity index (χ2n) is 7.99. The number of amides is 2. The van der Waals surface area contributed by atoms with Crippen LogP contribution in [0.5, 0.6) is 0 Å². The lowest BCUT2D eigenvalue weighted by atomic mass is 10.1. The van der Waals surface area contributed by atoms with E-state index in [0.29, 0.717) is 18.0 Å². The lowest BCUT2D eigenvalue weighted by Crippen LogP contribution is -2.38. The molecule has 2 aromatic rings. The molecule has 0 unspecified atom stereocenters. The largest absolute Gasteiger partial charge is 0.476 e. The number of nitrogens with zero attached hydrogens (tertiary/aromatic N) is 1. The monoisotopic (exact) mass is 393 g/mol. The first kappa shape index (κ1) is 20.5. The minimum absolute atomic E-state index is 0.0545. The van der Waals surface area contributed by atoms with E-state index in [1.54, 1.807) is 12.1 Å². The fourth-order valence-electron chi connectivity index (χ4n) is 3.08. The highest BCUT2D eigenvalue weighted by atomic mass is 16.5. The molecule has 0 aliphatic carbocycles. The Balaban J connectivity index is 1.96. The van der Waals surface area contributed by atoms with Gasteiger partial charge in [0.15, 0.2) is 5.57 Å².